The summed E-state index contributed by atoms with van der Waals surface area (Å²) in [6.07, 6.45) is -3.63. The van der Waals surface area contributed by atoms with Crippen LogP contribution in [-0.2, 0) is 4.79 Å². The van der Waals surface area contributed by atoms with Gasteiger partial charge in [-0.15, -0.1) is 0 Å². The van der Waals surface area contributed by atoms with Crippen LogP contribution in [0, 0.1) is 0 Å². The molecule has 7 heteroatoms. The summed E-state index contributed by atoms with van der Waals surface area (Å²) in [5.41, 5.74) is 0.0539. The summed E-state index contributed by atoms with van der Waals surface area (Å²) in [6.45, 7) is 0. The zero-order valence-electron chi connectivity index (χ0n) is 8.79. The summed E-state index contributed by atoms with van der Waals surface area (Å²) in [6, 6.07) is 2.49. The number of phenolic OH excluding ortho intramolecular Hbond substituents is 1. The number of hydrogen-bond donors (Lipinski definition) is 4. The third-order valence-corrected chi connectivity index (χ3v) is 2.86. The van der Waals surface area contributed by atoms with Gasteiger partial charge in [-0.1, -0.05) is 15.9 Å². The normalized spacial score (nSPS) is 14.1. The summed E-state index contributed by atoms with van der Waals surface area (Å²) in [7, 11) is 1.35. The van der Waals surface area contributed by atoms with Crippen molar-refractivity contribution in [2.45, 2.75) is 12.2 Å². The van der Waals surface area contributed by atoms with Crippen molar-refractivity contribution in [2.75, 3.05) is 7.11 Å². The van der Waals surface area contributed by atoms with E-state index in [4.69, 9.17) is 9.84 Å². The Morgan fingerprint density at radius 2 is 2.00 bits per heavy atom. The molecule has 2 atom stereocenters. The first-order chi connectivity index (χ1) is 7.88. The summed E-state index contributed by atoms with van der Waals surface area (Å²) in [4.78, 5) is 10.5. The smallest absolute Gasteiger partial charge is 0.335 e. The van der Waals surface area contributed by atoms with Gasteiger partial charge in [0.25, 0.3) is 0 Å². The molecule has 0 fully saturated rings. The van der Waals surface area contributed by atoms with Gasteiger partial charge in [0.15, 0.2) is 17.6 Å². The van der Waals surface area contributed by atoms with Crippen LogP contribution in [0.2, 0.25) is 0 Å². The van der Waals surface area contributed by atoms with E-state index in [-0.39, 0.29) is 17.1 Å². The lowest BCUT2D eigenvalue weighted by atomic mass is 10.0. The highest BCUT2D eigenvalue weighted by atomic mass is 79.9. The van der Waals surface area contributed by atoms with E-state index in [1.807, 2.05) is 0 Å². The molecule has 0 heterocycles. The second-order valence-corrected chi connectivity index (χ2v) is 4.13. The number of methoxy groups -OCH3 is 1. The standard InChI is InChI=1S/C10H11BrO6/c1-17-7-3-5(11)4(2-6(7)12)8(13)9(14)10(15)16/h2-3,8-9,12-14H,1H3,(H,15,16). The lowest BCUT2D eigenvalue weighted by Crippen LogP contribution is -2.27. The number of benzene rings is 1. The highest BCUT2D eigenvalue weighted by molar-refractivity contribution is 9.10. The van der Waals surface area contributed by atoms with Crippen LogP contribution in [0.3, 0.4) is 0 Å². The molecular weight excluding hydrogens is 296 g/mol. The number of carboxylic acids is 1. The van der Waals surface area contributed by atoms with E-state index in [0.29, 0.717) is 4.47 Å². The van der Waals surface area contributed by atoms with Crippen molar-refractivity contribution < 1.29 is 30.0 Å². The average Bonchev–Trinajstić information content (AvgIpc) is 2.29. The zero-order chi connectivity index (χ0) is 13.2. The second-order valence-electron chi connectivity index (χ2n) is 3.27. The summed E-state index contributed by atoms with van der Waals surface area (Å²) in [5, 5.41) is 36.9. The van der Waals surface area contributed by atoms with Crippen molar-refractivity contribution in [1.29, 1.82) is 0 Å². The van der Waals surface area contributed by atoms with Crippen LogP contribution in [0.25, 0.3) is 0 Å². The fourth-order valence-corrected chi connectivity index (χ4v) is 1.81. The predicted molar refractivity (Wildman–Crippen MR) is 61.0 cm³/mol. The first kappa shape index (κ1) is 13.8. The Morgan fingerprint density at radius 3 is 2.47 bits per heavy atom. The number of carboxylic acid groups (broad SMARTS) is 1. The largest absolute Gasteiger partial charge is 0.504 e. The minimum Gasteiger partial charge on any atom is -0.504 e. The first-order valence-corrected chi connectivity index (χ1v) is 5.33. The van der Waals surface area contributed by atoms with Crippen molar-refractivity contribution in [3.05, 3.63) is 22.2 Å². The van der Waals surface area contributed by atoms with E-state index in [2.05, 4.69) is 15.9 Å². The van der Waals surface area contributed by atoms with Gasteiger partial charge in [0.2, 0.25) is 0 Å². The predicted octanol–water partition coefficient (Wildman–Crippen LogP) is 0.642. The summed E-state index contributed by atoms with van der Waals surface area (Å²) < 4.78 is 5.15. The number of hydrogen-bond acceptors (Lipinski definition) is 5. The number of rotatable bonds is 4. The van der Waals surface area contributed by atoms with Gasteiger partial charge in [0, 0.05) is 10.0 Å². The lowest BCUT2D eigenvalue weighted by Gasteiger charge is -2.17. The molecule has 0 radical (unpaired) electrons. The Kier molecular flexibility index (Phi) is 4.33. The van der Waals surface area contributed by atoms with Crippen molar-refractivity contribution in [3.8, 4) is 11.5 Å². The Bertz CT molecular complexity index is 433. The number of carbonyl (C=O) groups is 1. The van der Waals surface area contributed by atoms with Gasteiger partial charge >= 0.3 is 5.97 Å². The van der Waals surface area contributed by atoms with Crippen molar-refractivity contribution in [1.82, 2.24) is 0 Å². The average molecular weight is 307 g/mol. The molecule has 0 amide bonds. The number of aliphatic hydroxyl groups is 2. The molecule has 0 aliphatic heterocycles. The third-order valence-electron chi connectivity index (χ3n) is 2.17. The molecule has 0 saturated heterocycles. The van der Waals surface area contributed by atoms with E-state index in [0.717, 1.165) is 6.07 Å². The van der Waals surface area contributed by atoms with E-state index in [1.54, 1.807) is 0 Å². The topological polar surface area (TPSA) is 107 Å². The number of halogens is 1. The zero-order valence-corrected chi connectivity index (χ0v) is 10.4. The Labute approximate surface area is 105 Å². The van der Waals surface area contributed by atoms with Crippen LogP contribution in [0.5, 0.6) is 11.5 Å². The van der Waals surface area contributed by atoms with Crippen LogP contribution in [0.15, 0.2) is 16.6 Å². The molecule has 4 N–H and O–H groups in total. The molecule has 17 heavy (non-hydrogen) atoms. The maximum Gasteiger partial charge on any atom is 0.335 e. The fraction of sp³-hybridized carbons (Fsp3) is 0.300. The molecule has 1 aromatic carbocycles. The van der Waals surface area contributed by atoms with Gasteiger partial charge in [-0.3, -0.25) is 0 Å². The number of aliphatic hydroxyl groups excluding tert-OH is 2. The molecule has 0 bridgehead atoms. The van der Waals surface area contributed by atoms with Gasteiger partial charge in [0.1, 0.15) is 6.10 Å². The Morgan fingerprint density at radius 1 is 1.41 bits per heavy atom. The highest BCUT2D eigenvalue weighted by Gasteiger charge is 2.27. The molecule has 0 spiro atoms. The molecule has 0 aromatic heterocycles. The first-order valence-electron chi connectivity index (χ1n) is 4.53. The van der Waals surface area contributed by atoms with Crippen molar-refractivity contribution in [2.24, 2.45) is 0 Å². The third kappa shape index (κ3) is 2.87. The fourth-order valence-electron chi connectivity index (χ4n) is 1.26. The van der Waals surface area contributed by atoms with Crippen LogP contribution < -0.4 is 4.74 Å². The summed E-state index contributed by atoms with van der Waals surface area (Å²) >= 11 is 3.08. The van der Waals surface area contributed by atoms with Gasteiger partial charge < -0.3 is 25.2 Å². The second kappa shape index (κ2) is 5.35. The van der Waals surface area contributed by atoms with Gasteiger partial charge in [-0.25, -0.2) is 4.79 Å². The molecular formula is C10H11BrO6. The van der Waals surface area contributed by atoms with E-state index < -0.39 is 18.2 Å². The maximum absolute atomic E-state index is 10.5. The molecule has 1 aromatic rings. The molecule has 1 rings (SSSR count). The van der Waals surface area contributed by atoms with Crippen LogP contribution in [0.1, 0.15) is 11.7 Å². The molecule has 6 nitrogen and oxygen atoms in total. The minimum absolute atomic E-state index is 0.0539. The lowest BCUT2D eigenvalue weighted by molar-refractivity contribution is -0.153. The molecule has 0 aliphatic rings. The number of ether oxygens (including phenoxy) is 1. The van der Waals surface area contributed by atoms with Crippen LogP contribution in [0.4, 0.5) is 0 Å². The van der Waals surface area contributed by atoms with Gasteiger partial charge in [-0.2, -0.15) is 0 Å². The SMILES string of the molecule is COc1cc(Br)c(C(O)C(O)C(=O)O)cc1O. The van der Waals surface area contributed by atoms with Crippen LogP contribution in [-0.4, -0.2) is 39.6 Å². The van der Waals surface area contributed by atoms with Gasteiger partial charge in [0.05, 0.1) is 7.11 Å². The van der Waals surface area contributed by atoms with E-state index in [9.17, 15) is 20.1 Å². The molecule has 2 unspecified atom stereocenters. The Hall–Kier alpha value is -1.31. The number of phenols is 1. The Balaban J connectivity index is 3.14. The molecule has 94 valence electrons. The number of aliphatic carboxylic acids is 1. The van der Waals surface area contributed by atoms with Gasteiger partial charge in [-0.05, 0) is 12.1 Å². The van der Waals surface area contributed by atoms with Crippen molar-refractivity contribution in [3.63, 3.8) is 0 Å². The van der Waals surface area contributed by atoms with E-state index in [1.165, 1.54) is 13.2 Å². The molecule has 0 aliphatic carbocycles. The number of aromatic hydroxyl groups is 1. The van der Waals surface area contributed by atoms with Crippen molar-refractivity contribution >= 4 is 21.9 Å². The van der Waals surface area contributed by atoms with E-state index >= 15 is 0 Å². The van der Waals surface area contributed by atoms with Crippen LogP contribution >= 0.6 is 15.9 Å². The quantitative estimate of drug-likeness (QED) is 0.650. The summed E-state index contributed by atoms with van der Waals surface area (Å²) in [5.74, 6) is -1.65. The molecule has 0 saturated carbocycles. The monoisotopic (exact) mass is 306 g/mol. The maximum atomic E-state index is 10.5. The highest BCUT2D eigenvalue weighted by Crippen LogP contribution is 2.36. The minimum atomic E-state index is -1.97.